The highest BCUT2D eigenvalue weighted by Gasteiger charge is 2.66. The molecule has 3 rings (SSSR count). The molecule has 35 heavy (non-hydrogen) atoms. The van der Waals surface area contributed by atoms with Gasteiger partial charge in [0.1, 0.15) is 72.2 Å². The lowest BCUT2D eigenvalue weighted by molar-refractivity contribution is -0.320. The lowest BCUT2D eigenvalue weighted by Gasteiger charge is -2.56. The zero-order chi connectivity index (χ0) is 26.3. The van der Waals surface area contributed by atoms with E-state index < -0.39 is 91.4 Å². The molecule has 0 radical (unpaired) electrons. The summed E-state index contributed by atoms with van der Waals surface area (Å²) in [6, 6.07) is 0. The van der Waals surface area contributed by atoms with Crippen LogP contribution < -0.4 is 0 Å². The van der Waals surface area contributed by atoms with Crippen LogP contribution in [0.15, 0.2) is 36.0 Å². The lowest BCUT2D eigenvalue weighted by Crippen LogP contribution is -2.77. The normalized spacial score (nSPS) is 48.7. The molecule has 0 aromatic heterocycles. The summed E-state index contributed by atoms with van der Waals surface area (Å²) in [6.45, 7) is -1.73. The van der Waals surface area contributed by atoms with E-state index in [9.17, 15) is 55.9 Å². The van der Waals surface area contributed by atoms with Crippen molar-refractivity contribution in [2.75, 3.05) is 13.2 Å². The Morgan fingerprint density at radius 2 is 1.26 bits per heavy atom. The van der Waals surface area contributed by atoms with Gasteiger partial charge in [-0.2, -0.15) is 0 Å². The first-order valence-electron chi connectivity index (χ1n) is 10.7. The summed E-state index contributed by atoms with van der Waals surface area (Å²) in [5.41, 5.74) is -5.72. The van der Waals surface area contributed by atoms with Gasteiger partial charge in [-0.15, -0.1) is 0 Å². The van der Waals surface area contributed by atoms with Crippen molar-refractivity contribution in [1.82, 2.24) is 0 Å². The summed E-state index contributed by atoms with van der Waals surface area (Å²) < 4.78 is 10.9. The molecule has 4 unspecified atom stereocenters. The van der Waals surface area contributed by atoms with Gasteiger partial charge >= 0.3 is 5.97 Å². The monoisotopic (exact) mass is 506 g/mol. The molecule has 0 bridgehead atoms. The third kappa shape index (κ3) is 4.69. The molecule has 12 atom stereocenters. The van der Waals surface area contributed by atoms with Gasteiger partial charge in [-0.3, -0.25) is 0 Å². The Balaban J connectivity index is 2.14. The number of rotatable bonds is 6. The molecule has 0 aromatic rings. The first-order valence-corrected chi connectivity index (χ1v) is 10.7. The number of hydrogen-bond donors (Lipinski definition) is 11. The molecule has 0 aromatic carbocycles. The van der Waals surface area contributed by atoms with Crippen molar-refractivity contribution < 1.29 is 70.4 Å². The summed E-state index contributed by atoms with van der Waals surface area (Å²) in [5.74, 6) is -1.36. The van der Waals surface area contributed by atoms with Crippen LogP contribution in [0.4, 0.5) is 0 Å². The van der Waals surface area contributed by atoms with E-state index in [0.717, 1.165) is 24.3 Å². The van der Waals surface area contributed by atoms with Crippen LogP contribution in [0.1, 0.15) is 0 Å². The molecule has 3 aliphatic rings. The Hall–Kier alpha value is -1.79. The number of ether oxygens (including phenoxy) is 2. The van der Waals surface area contributed by atoms with Crippen LogP contribution in [0.2, 0.25) is 0 Å². The molecular formula is C21H30O14. The van der Waals surface area contributed by atoms with E-state index in [1.807, 2.05) is 0 Å². The van der Waals surface area contributed by atoms with Gasteiger partial charge in [0, 0.05) is 6.08 Å². The highest BCUT2D eigenvalue weighted by molar-refractivity contribution is 5.80. The van der Waals surface area contributed by atoms with Crippen molar-refractivity contribution >= 4 is 5.97 Å². The van der Waals surface area contributed by atoms with Crippen LogP contribution in [0, 0.1) is 0 Å². The first-order chi connectivity index (χ1) is 16.3. The molecule has 1 aliphatic carbocycles. The largest absolute Gasteiger partial charge is 0.478 e. The second kappa shape index (κ2) is 10.3. The van der Waals surface area contributed by atoms with Gasteiger partial charge in [0.2, 0.25) is 0 Å². The molecule has 2 fully saturated rings. The number of aliphatic hydroxyl groups is 10. The van der Waals surface area contributed by atoms with Gasteiger partial charge in [0.15, 0.2) is 0 Å². The van der Waals surface area contributed by atoms with Crippen LogP contribution in [0.3, 0.4) is 0 Å². The molecule has 14 nitrogen and oxygen atoms in total. The Labute approximate surface area is 198 Å². The number of carboxylic acid groups (broad SMARTS) is 1. The summed E-state index contributed by atoms with van der Waals surface area (Å²) in [5, 5.41) is 113. The number of aliphatic carboxylic acids is 1. The first kappa shape index (κ1) is 27.8. The standard InChI is InChI=1S/C21H30O14/c22-6-9-12(26)14(28)16(30)18(34-9)20(32)4-3-8(1-2-11(24)25)5-21(20,33)19-17(31)15(29)13(27)10(7-23)35-19/h1-5,9-10,12-19,22-23,26-33H,6-7H2,(H,24,25)/t9-,10-,12+,13+,14+,15+,16-,17-,18?,19?,20?,21?/m1/s1. The van der Waals surface area contributed by atoms with Gasteiger partial charge in [-0.05, 0) is 23.8 Å². The average molecular weight is 506 g/mol. The molecule has 14 heteroatoms. The predicted molar refractivity (Wildman–Crippen MR) is 111 cm³/mol. The minimum absolute atomic E-state index is 0.0406. The summed E-state index contributed by atoms with van der Waals surface area (Å²) in [4.78, 5) is 10.9. The van der Waals surface area contributed by atoms with Crippen molar-refractivity contribution in [1.29, 1.82) is 0 Å². The van der Waals surface area contributed by atoms with Crippen LogP contribution in [0.25, 0.3) is 0 Å². The maximum atomic E-state index is 11.8. The van der Waals surface area contributed by atoms with Crippen molar-refractivity contribution in [3.63, 3.8) is 0 Å². The van der Waals surface area contributed by atoms with Gasteiger partial charge in [-0.25, -0.2) is 4.79 Å². The summed E-state index contributed by atoms with van der Waals surface area (Å²) in [6.07, 6.45) is -14.2. The van der Waals surface area contributed by atoms with Crippen molar-refractivity contribution in [2.45, 2.75) is 72.2 Å². The minimum atomic E-state index is -2.87. The molecule has 198 valence electrons. The fraction of sp³-hybridized carbons (Fsp3) is 0.667. The number of aliphatic hydroxyl groups excluding tert-OH is 8. The van der Waals surface area contributed by atoms with E-state index in [0.29, 0.717) is 6.08 Å². The molecule has 0 spiro atoms. The third-order valence-electron chi connectivity index (χ3n) is 6.63. The van der Waals surface area contributed by atoms with Gasteiger partial charge in [-0.1, -0.05) is 6.08 Å². The average Bonchev–Trinajstić information content (AvgIpc) is 2.82. The maximum Gasteiger partial charge on any atom is 0.328 e. The Morgan fingerprint density at radius 3 is 1.69 bits per heavy atom. The molecule has 0 amide bonds. The number of allylic oxidation sites excluding steroid dienone is 3. The second-order valence-corrected chi connectivity index (χ2v) is 8.80. The van der Waals surface area contributed by atoms with Crippen LogP contribution in [0.5, 0.6) is 0 Å². The van der Waals surface area contributed by atoms with E-state index in [1.165, 1.54) is 0 Å². The van der Waals surface area contributed by atoms with E-state index in [1.54, 1.807) is 0 Å². The third-order valence-corrected chi connectivity index (χ3v) is 6.63. The van der Waals surface area contributed by atoms with Crippen molar-refractivity contribution in [2.24, 2.45) is 0 Å². The van der Waals surface area contributed by atoms with E-state index in [-0.39, 0.29) is 5.57 Å². The van der Waals surface area contributed by atoms with Crippen LogP contribution >= 0.6 is 0 Å². The molecule has 2 aliphatic heterocycles. The Kier molecular flexibility index (Phi) is 8.17. The van der Waals surface area contributed by atoms with Crippen molar-refractivity contribution in [3.8, 4) is 0 Å². The van der Waals surface area contributed by atoms with Gasteiger partial charge in [0.25, 0.3) is 0 Å². The number of carboxylic acids is 1. The van der Waals surface area contributed by atoms with Crippen LogP contribution in [-0.2, 0) is 14.3 Å². The highest BCUT2D eigenvalue weighted by Crippen LogP contribution is 2.45. The zero-order valence-electron chi connectivity index (χ0n) is 18.2. The second-order valence-electron chi connectivity index (χ2n) is 8.80. The highest BCUT2D eigenvalue weighted by atomic mass is 16.6. The van der Waals surface area contributed by atoms with Crippen LogP contribution in [-0.4, -0.2) is 148 Å². The molecule has 2 saturated heterocycles. The SMILES string of the molecule is O=C(O)C=CC1=CC(O)(C2O[C@H](CO)[C@H](O)[C@H](O)[C@H]2O)C(O)(C2O[C@H](CO)[C@H](O)[C@H](O)[C@H]2O)C=C1. The van der Waals surface area contributed by atoms with Gasteiger partial charge in [0.05, 0.1) is 13.2 Å². The quantitative estimate of drug-likeness (QED) is 0.150. The number of carbonyl (C=O) groups is 1. The van der Waals surface area contributed by atoms with E-state index in [4.69, 9.17) is 14.6 Å². The maximum absolute atomic E-state index is 11.8. The molecule has 11 N–H and O–H groups in total. The Bertz CT molecular complexity index is 870. The Morgan fingerprint density at radius 1 is 0.800 bits per heavy atom. The fourth-order valence-corrected chi connectivity index (χ4v) is 4.61. The fourth-order valence-electron chi connectivity index (χ4n) is 4.61. The molecule has 2 heterocycles. The van der Waals surface area contributed by atoms with E-state index in [2.05, 4.69) is 0 Å². The summed E-state index contributed by atoms with van der Waals surface area (Å²) >= 11 is 0. The predicted octanol–water partition coefficient (Wildman–Crippen LogP) is -5.73. The lowest BCUT2D eigenvalue weighted by atomic mass is 9.66. The van der Waals surface area contributed by atoms with Crippen molar-refractivity contribution in [3.05, 3.63) is 36.0 Å². The minimum Gasteiger partial charge on any atom is -0.478 e. The summed E-state index contributed by atoms with van der Waals surface area (Å²) in [7, 11) is 0. The van der Waals surface area contributed by atoms with E-state index >= 15 is 0 Å². The van der Waals surface area contributed by atoms with Gasteiger partial charge < -0.3 is 65.6 Å². The topological polar surface area (TPSA) is 258 Å². The number of hydrogen-bond acceptors (Lipinski definition) is 13. The molecular weight excluding hydrogens is 476 g/mol. The molecule has 0 saturated carbocycles. The zero-order valence-corrected chi connectivity index (χ0v) is 18.2. The smallest absolute Gasteiger partial charge is 0.328 e.